The van der Waals surface area contributed by atoms with Gasteiger partial charge in [0, 0.05) is 41.4 Å². The second kappa shape index (κ2) is 10.6. The van der Waals surface area contributed by atoms with Crippen LogP contribution in [0.2, 0.25) is 0 Å². The van der Waals surface area contributed by atoms with Crippen molar-refractivity contribution in [1.29, 1.82) is 0 Å². The highest BCUT2D eigenvalue weighted by atomic mass is 32.1. The summed E-state index contributed by atoms with van der Waals surface area (Å²) in [5.41, 5.74) is -0.125. The Morgan fingerprint density at radius 2 is 1.83 bits per heavy atom. The van der Waals surface area contributed by atoms with Crippen molar-refractivity contribution < 1.29 is 31.9 Å². The van der Waals surface area contributed by atoms with Crippen molar-refractivity contribution in [3.05, 3.63) is 52.5 Å². The molecule has 29 heavy (non-hydrogen) atoms. The second-order valence-electron chi connectivity index (χ2n) is 6.56. The molecule has 0 fully saturated rings. The van der Waals surface area contributed by atoms with Gasteiger partial charge in [-0.2, -0.15) is 8.42 Å². The summed E-state index contributed by atoms with van der Waals surface area (Å²) in [6.45, 7) is 3.23. The Bertz CT molecular complexity index is 971. The van der Waals surface area contributed by atoms with Gasteiger partial charge in [0.15, 0.2) is 0 Å². The number of methoxy groups -OCH3 is 1. The average molecular weight is 430 g/mol. The standard InChI is InChI=1S/C18H20F2N2O4.O2S/c1-18(2,17(24)21-25)6-7-22-10-15(20)13(9-16(22)23)12-5-4-11(26-3)8-14(12)19;1-3-2/h4-5,8-10,25H,6-7H2,1-3H3,(H,21,24);. The van der Waals surface area contributed by atoms with Gasteiger partial charge >= 0.3 is 11.6 Å². The van der Waals surface area contributed by atoms with E-state index in [4.69, 9.17) is 18.4 Å². The molecule has 0 spiro atoms. The van der Waals surface area contributed by atoms with E-state index in [1.54, 1.807) is 19.3 Å². The second-order valence-corrected chi connectivity index (χ2v) is 6.69. The summed E-state index contributed by atoms with van der Waals surface area (Å²) in [5, 5.41) is 8.72. The Morgan fingerprint density at radius 3 is 2.34 bits per heavy atom. The predicted octanol–water partition coefficient (Wildman–Crippen LogP) is 2.05. The van der Waals surface area contributed by atoms with Crippen LogP contribution in [-0.4, -0.2) is 31.2 Å². The van der Waals surface area contributed by atoms with Gasteiger partial charge in [-0.05, 0) is 18.6 Å². The zero-order valence-electron chi connectivity index (χ0n) is 15.9. The molecular weight excluding hydrogens is 410 g/mol. The zero-order chi connectivity index (χ0) is 22.2. The van der Waals surface area contributed by atoms with E-state index in [0.29, 0.717) is 0 Å². The maximum atomic E-state index is 14.4. The van der Waals surface area contributed by atoms with Crippen LogP contribution in [0.1, 0.15) is 20.3 Å². The monoisotopic (exact) mass is 430 g/mol. The molecule has 1 heterocycles. The molecule has 0 saturated heterocycles. The van der Waals surface area contributed by atoms with E-state index >= 15 is 0 Å². The number of nitrogens with one attached hydrogen (secondary N) is 1. The Labute approximate surface area is 168 Å². The molecule has 1 amide bonds. The Morgan fingerprint density at radius 1 is 1.21 bits per heavy atom. The number of amides is 1. The lowest BCUT2D eigenvalue weighted by molar-refractivity contribution is -0.138. The number of carbonyl (C=O) groups excluding carboxylic acids is 1. The van der Waals surface area contributed by atoms with Crippen LogP contribution in [0.15, 0.2) is 35.3 Å². The highest BCUT2D eigenvalue weighted by Crippen LogP contribution is 2.27. The molecule has 1 aromatic carbocycles. The molecule has 0 aliphatic heterocycles. The highest BCUT2D eigenvalue weighted by Gasteiger charge is 2.27. The molecule has 0 bridgehead atoms. The molecule has 0 unspecified atom stereocenters. The fraction of sp³-hybridized carbons (Fsp3) is 0.333. The normalized spacial score (nSPS) is 10.6. The summed E-state index contributed by atoms with van der Waals surface area (Å²) in [6, 6.07) is 4.93. The number of rotatable bonds is 6. The van der Waals surface area contributed by atoms with Gasteiger partial charge in [0.2, 0.25) is 5.91 Å². The molecule has 2 aromatic rings. The first kappa shape index (κ1) is 24.1. The summed E-state index contributed by atoms with van der Waals surface area (Å²) in [6.07, 6.45) is 1.17. The van der Waals surface area contributed by atoms with Crippen LogP contribution in [0, 0.1) is 17.0 Å². The lowest BCUT2D eigenvalue weighted by atomic mass is 9.88. The molecule has 0 atom stereocenters. The van der Waals surface area contributed by atoms with E-state index in [1.807, 2.05) is 0 Å². The molecule has 8 nitrogen and oxygen atoms in total. The van der Waals surface area contributed by atoms with Crippen molar-refractivity contribution in [3.8, 4) is 16.9 Å². The summed E-state index contributed by atoms with van der Waals surface area (Å²) >= 11 is -0.750. The van der Waals surface area contributed by atoms with Crippen molar-refractivity contribution in [3.63, 3.8) is 0 Å². The number of carbonyl (C=O) groups is 1. The number of hydrogen-bond acceptors (Lipinski definition) is 6. The van der Waals surface area contributed by atoms with Crippen LogP contribution in [0.5, 0.6) is 5.75 Å². The fourth-order valence-electron chi connectivity index (χ4n) is 2.43. The molecule has 0 aliphatic carbocycles. The van der Waals surface area contributed by atoms with Crippen LogP contribution in [0.4, 0.5) is 8.78 Å². The molecule has 0 radical (unpaired) electrons. The third-order valence-electron chi connectivity index (χ3n) is 4.24. The first-order chi connectivity index (χ1) is 13.6. The predicted molar refractivity (Wildman–Crippen MR) is 99.9 cm³/mol. The highest BCUT2D eigenvalue weighted by molar-refractivity contribution is 7.51. The molecule has 0 aliphatic rings. The minimum atomic E-state index is -0.953. The minimum absolute atomic E-state index is 0.0486. The summed E-state index contributed by atoms with van der Waals surface area (Å²) < 4.78 is 51.2. The molecule has 2 rings (SSSR count). The summed E-state index contributed by atoms with van der Waals surface area (Å²) in [7, 11) is 1.38. The van der Waals surface area contributed by atoms with Gasteiger partial charge in [-0.15, -0.1) is 0 Å². The number of aryl methyl sites for hydroxylation is 1. The number of pyridine rings is 1. The van der Waals surface area contributed by atoms with Crippen LogP contribution in [0.3, 0.4) is 0 Å². The number of hydrogen-bond donors (Lipinski definition) is 2. The van der Waals surface area contributed by atoms with E-state index in [2.05, 4.69) is 0 Å². The van der Waals surface area contributed by atoms with Crippen LogP contribution in [-0.2, 0) is 22.9 Å². The van der Waals surface area contributed by atoms with E-state index in [1.165, 1.54) is 19.2 Å². The van der Waals surface area contributed by atoms with Crippen molar-refractivity contribution in [2.75, 3.05) is 7.11 Å². The molecule has 1 aromatic heterocycles. The molecule has 158 valence electrons. The van der Waals surface area contributed by atoms with E-state index in [9.17, 15) is 18.4 Å². The largest absolute Gasteiger partial charge is 0.497 e. The molecule has 2 N–H and O–H groups in total. The number of benzene rings is 1. The zero-order valence-corrected chi connectivity index (χ0v) is 16.7. The minimum Gasteiger partial charge on any atom is -0.497 e. The van der Waals surface area contributed by atoms with Crippen molar-refractivity contribution >= 4 is 17.5 Å². The number of ether oxygens (including phenoxy) is 1. The van der Waals surface area contributed by atoms with E-state index in [0.717, 1.165) is 22.9 Å². The van der Waals surface area contributed by atoms with Gasteiger partial charge in [-0.1, -0.05) is 13.8 Å². The third-order valence-corrected chi connectivity index (χ3v) is 4.24. The number of nitrogens with zero attached hydrogens (tertiary/aromatic N) is 1. The van der Waals surface area contributed by atoms with Crippen molar-refractivity contribution in [1.82, 2.24) is 10.0 Å². The maximum absolute atomic E-state index is 14.4. The van der Waals surface area contributed by atoms with Crippen LogP contribution in [0.25, 0.3) is 11.1 Å². The number of hydroxylamine groups is 1. The van der Waals surface area contributed by atoms with Gasteiger partial charge in [0.25, 0.3) is 5.56 Å². The third kappa shape index (κ3) is 6.29. The average Bonchev–Trinajstić information content (AvgIpc) is 2.68. The fourth-order valence-corrected chi connectivity index (χ4v) is 2.43. The van der Waals surface area contributed by atoms with Crippen LogP contribution < -0.4 is 15.8 Å². The molecular formula is C18H20F2N2O6S. The van der Waals surface area contributed by atoms with Crippen LogP contribution >= 0.6 is 0 Å². The quantitative estimate of drug-likeness (QED) is 0.536. The summed E-state index contributed by atoms with van der Waals surface area (Å²) in [4.78, 5) is 23.8. The van der Waals surface area contributed by atoms with Gasteiger partial charge in [-0.3, -0.25) is 14.8 Å². The summed E-state index contributed by atoms with van der Waals surface area (Å²) in [5.74, 6) is -1.80. The topological polar surface area (TPSA) is 115 Å². The van der Waals surface area contributed by atoms with Gasteiger partial charge in [0.1, 0.15) is 17.4 Å². The van der Waals surface area contributed by atoms with Crippen molar-refractivity contribution in [2.45, 2.75) is 26.8 Å². The SMILES string of the molecule is COc1ccc(-c2cc(=O)n(CCC(C)(C)C(=O)NO)cc2F)c(F)c1.O=S=O. The number of halogens is 2. The van der Waals surface area contributed by atoms with Gasteiger partial charge < -0.3 is 9.30 Å². The molecule has 11 heteroatoms. The Balaban J connectivity index is 0.00000132. The molecule has 0 saturated carbocycles. The lowest BCUT2D eigenvalue weighted by Crippen LogP contribution is -2.36. The Kier molecular flexibility index (Phi) is 8.80. The first-order valence-corrected chi connectivity index (χ1v) is 8.88. The van der Waals surface area contributed by atoms with E-state index in [-0.39, 0.29) is 29.8 Å². The van der Waals surface area contributed by atoms with E-state index < -0.39 is 40.1 Å². The number of aromatic nitrogens is 1. The first-order valence-electron chi connectivity index (χ1n) is 8.21. The smallest absolute Gasteiger partial charge is 0.335 e. The Hall–Kier alpha value is -2.92. The van der Waals surface area contributed by atoms with Gasteiger partial charge in [-0.25, -0.2) is 14.3 Å². The van der Waals surface area contributed by atoms with Crippen molar-refractivity contribution in [2.24, 2.45) is 5.41 Å². The maximum Gasteiger partial charge on any atom is 0.335 e. The van der Waals surface area contributed by atoms with Gasteiger partial charge in [0.05, 0.1) is 7.11 Å². The lowest BCUT2D eigenvalue weighted by Gasteiger charge is -2.22.